The Balaban J connectivity index is 2.29. The highest BCUT2D eigenvalue weighted by Crippen LogP contribution is 2.28. The molecule has 2 aromatic rings. The first-order chi connectivity index (χ1) is 9.90. The topological polar surface area (TPSA) is 29.3 Å². The van der Waals surface area contributed by atoms with Gasteiger partial charge in [-0.25, -0.2) is 0 Å². The second-order valence-electron chi connectivity index (χ2n) is 5.21. The number of halogens is 1. The summed E-state index contributed by atoms with van der Waals surface area (Å²) in [5.41, 5.74) is 10.0. The number of hydrogen-bond donors (Lipinski definition) is 1. The van der Waals surface area contributed by atoms with E-state index in [0.29, 0.717) is 4.99 Å². The van der Waals surface area contributed by atoms with Crippen LogP contribution in [0.15, 0.2) is 42.5 Å². The number of benzene rings is 2. The maximum Gasteiger partial charge on any atom is 0.104 e. The second kappa shape index (κ2) is 6.46. The zero-order valence-electron chi connectivity index (χ0n) is 12.4. The van der Waals surface area contributed by atoms with Crippen LogP contribution in [-0.2, 0) is 0 Å². The SMILES string of the molecule is Cc1cc(N(C)C(C)c2cccc(Cl)c2)ccc1C(N)=S. The van der Waals surface area contributed by atoms with Crippen molar-refractivity contribution in [2.24, 2.45) is 5.73 Å². The van der Waals surface area contributed by atoms with Crippen LogP contribution in [0, 0.1) is 6.92 Å². The molecule has 0 amide bonds. The smallest absolute Gasteiger partial charge is 0.104 e. The van der Waals surface area contributed by atoms with E-state index in [9.17, 15) is 0 Å². The number of nitrogens with two attached hydrogens (primary N) is 1. The van der Waals surface area contributed by atoms with Gasteiger partial charge < -0.3 is 10.6 Å². The van der Waals surface area contributed by atoms with Crippen LogP contribution >= 0.6 is 23.8 Å². The van der Waals surface area contributed by atoms with Gasteiger partial charge in [0, 0.05) is 23.3 Å². The van der Waals surface area contributed by atoms with Gasteiger partial charge in [-0.15, -0.1) is 0 Å². The standard InChI is InChI=1S/C17H19ClN2S/c1-11-9-15(7-8-16(11)17(19)21)20(3)12(2)13-5-4-6-14(18)10-13/h4-10,12H,1-3H3,(H2,19,21). The van der Waals surface area contributed by atoms with E-state index in [-0.39, 0.29) is 6.04 Å². The molecule has 0 saturated heterocycles. The van der Waals surface area contributed by atoms with E-state index in [1.54, 1.807) is 0 Å². The number of hydrogen-bond acceptors (Lipinski definition) is 2. The van der Waals surface area contributed by atoms with Gasteiger partial charge in [0.15, 0.2) is 0 Å². The summed E-state index contributed by atoms with van der Waals surface area (Å²) in [6.07, 6.45) is 0. The molecule has 0 aliphatic rings. The van der Waals surface area contributed by atoms with Gasteiger partial charge in [-0.2, -0.15) is 0 Å². The molecule has 0 aliphatic carbocycles. The van der Waals surface area contributed by atoms with Crippen LogP contribution in [0.5, 0.6) is 0 Å². The molecule has 2 N–H and O–H groups in total. The lowest BCUT2D eigenvalue weighted by atomic mass is 10.0. The van der Waals surface area contributed by atoms with Gasteiger partial charge in [0.1, 0.15) is 4.99 Å². The Morgan fingerprint density at radius 2 is 1.95 bits per heavy atom. The van der Waals surface area contributed by atoms with E-state index in [1.165, 1.54) is 5.56 Å². The van der Waals surface area contributed by atoms with Crippen LogP contribution in [0.25, 0.3) is 0 Å². The Bertz CT molecular complexity index is 670. The van der Waals surface area contributed by atoms with E-state index in [4.69, 9.17) is 29.6 Å². The number of rotatable bonds is 4. The van der Waals surface area contributed by atoms with E-state index in [2.05, 4.69) is 31.0 Å². The van der Waals surface area contributed by atoms with Crippen molar-refractivity contribution in [3.63, 3.8) is 0 Å². The summed E-state index contributed by atoms with van der Waals surface area (Å²) >= 11 is 11.1. The van der Waals surface area contributed by atoms with Gasteiger partial charge in [0.05, 0.1) is 6.04 Å². The van der Waals surface area contributed by atoms with Crippen molar-refractivity contribution in [2.75, 3.05) is 11.9 Å². The quantitative estimate of drug-likeness (QED) is 0.843. The van der Waals surface area contributed by atoms with Crippen molar-refractivity contribution >= 4 is 34.5 Å². The first-order valence-corrected chi connectivity index (χ1v) is 7.57. The molecule has 2 aromatic carbocycles. The predicted molar refractivity (Wildman–Crippen MR) is 95.3 cm³/mol. The van der Waals surface area contributed by atoms with Crippen LogP contribution < -0.4 is 10.6 Å². The maximum atomic E-state index is 6.07. The molecular weight excluding hydrogens is 300 g/mol. The van der Waals surface area contributed by atoms with Crippen LogP contribution in [0.4, 0.5) is 5.69 Å². The molecular formula is C17H19ClN2S. The second-order valence-corrected chi connectivity index (χ2v) is 6.08. The van der Waals surface area contributed by atoms with Gasteiger partial charge in [-0.05, 0) is 55.3 Å². The van der Waals surface area contributed by atoms with Crippen LogP contribution in [-0.4, -0.2) is 12.0 Å². The molecule has 0 aromatic heterocycles. The molecule has 110 valence electrons. The third kappa shape index (κ3) is 3.55. The molecule has 0 aliphatic heterocycles. The Morgan fingerprint density at radius 3 is 2.52 bits per heavy atom. The number of nitrogens with zero attached hydrogens (tertiary/aromatic N) is 1. The summed E-state index contributed by atoms with van der Waals surface area (Å²) in [6.45, 7) is 4.18. The number of thiocarbonyl (C=S) groups is 1. The van der Waals surface area contributed by atoms with Crippen LogP contribution in [0.2, 0.25) is 5.02 Å². The minimum absolute atomic E-state index is 0.221. The minimum Gasteiger partial charge on any atom is -0.389 e. The van der Waals surface area contributed by atoms with E-state index >= 15 is 0 Å². The fraction of sp³-hybridized carbons (Fsp3) is 0.235. The summed E-state index contributed by atoms with van der Waals surface area (Å²) < 4.78 is 0. The summed E-state index contributed by atoms with van der Waals surface area (Å²) in [5, 5.41) is 0.757. The third-order valence-electron chi connectivity index (χ3n) is 3.79. The Labute approximate surface area is 136 Å². The Hall–Kier alpha value is -1.58. The van der Waals surface area contributed by atoms with Crippen molar-refractivity contribution in [3.8, 4) is 0 Å². The highest BCUT2D eigenvalue weighted by atomic mass is 35.5. The lowest BCUT2D eigenvalue weighted by Crippen LogP contribution is -2.22. The highest BCUT2D eigenvalue weighted by Gasteiger charge is 2.14. The fourth-order valence-electron chi connectivity index (χ4n) is 2.36. The summed E-state index contributed by atoms with van der Waals surface area (Å²) in [7, 11) is 2.07. The van der Waals surface area contributed by atoms with Crippen molar-refractivity contribution in [2.45, 2.75) is 19.9 Å². The molecule has 0 spiro atoms. The minimum atomic E-state index is 0.221. The summed E-state index contributed by atoms with van der Waals surface area (Å²) in [6, 6.07) is 14.3. The molecule has 0 radical (unpaired) electrons. The molecule has 2 rings (SSSR count). The molecule has 0 heterocycles. The van der Waals surface area contributed by atoms with Crippen molar-refractivity contribution in [3.05, 3.63) is 64.2 Å². The van der Waals surface area contributed by atoms with E-state index < -0.39 is 0 Å². The summed E-state index contributed by atoms with van der Waals surface area (Å²) in [5.74, 6) is 0. The Kier molecular flexibility index (Phi) is 4.86. The molecule has 0 fully saturated rings. The maximum absolute atomic E-state index is 6.07. The molecule has 0 bridgehead atoms. The highest BCUT2D eigenvalue weighted by molar-refractivity contribution is 7.80. The van der Waals surface area contributed by atoms with Crippen molar-refractivity contribution < 1.29 is 0 Å². The normalized spacial score (nSPS) is 12.0. The molecule has 4 heteroatoms. The number of anilines is 1. The average Bonchev–Trinajstić information content (AvgIpc) is 2.45. The summed E-state index contributed by atoms with van der Waals surface area (Å²) in [4.78, 5) is 2.65. The van der Waals surface area contributed by atoms with Crippen LogP contribution in [0.1, 0.15) is 29.7 Å². The van der Waals surface area contributed by atoms with Crippen molar-refractivity contribution in [1.29, 1.82) is 0 Å². The molecule has 2 nitrogen and oxygen atoms in total. The van der Waals surface area contributed by atoms with E-state index in [0.717, 1.165) is 21.8 Å². The predicted octanol–water partition coefficient (Wildman–Crippen LogP) is 4.48. The monoisotopic (exact) mass is 318 g/mol. The molecule has 21 heavy (non-hydrogen) atoms. The van der Waals surface area contributed by atoms with Gasteiger partial charge in [-0.1, -0.05) is 36.0 Å². The van der Waals surface area contributed by atoms with E-state index in [1.807, 2.05) is 37.3 Å². The van der Waals surface area contributed by atoms with Gasteiger partial charge in [-0.3, -0.25) is 0 Å². The Morgan fingerprint density at radius 1 is 1.24 bits per heavy atom. The number of aryl methyl sites for hydroxylation is 1. The molecule has 0 saturated carbocycles. The molecule has 1 unspecified atom stereocenters. The zero-order valence-corrected chi connectivity index (χ0v) is 14.0. The van der Waals surface area contributed by atoms with Gasteiger partial charge in [0.25, 0.3) is 0 Å². The lowest BCUT2D eigenvalue weighted by Gasteiger charge is -2.28. The lowest BCUT2D eigenvalue weighted by molar-refractivity contribution is 0.739. The zero-order chi connectivity index (χ0) is 15.6. The average molecular weight is 319 g/mol. The van der Waals surface area contributed by atoms with Gasteiger partial charge in [0.2, 0.25) is 0 Å². The van der Waals surface area contributed by atoms with Crippen molar-refractivity contribution in [1.82, 2.24) is 0 Å². The molecule has 1 atom stereocenters. The first-order valence-electron chi connectivity index (χ1n) is 6.79. The third-order valence-corrected chi connectivity index (χ3v) is 4.25. The first kappa shape index (κ1) is 15.8. The van der Waals surface area contributed by atoms with Crippen LogP contribution in [0.3, 0.4) is 0 Å². The largest absolute Gasteiger partial charge is 0.389 e. The fourth-order valence-corrected chi connectivity index (χ4v) is 2.79. The van der Waals surface area contributed by atoms with Gasteiger partial charge >= 0.3 is 0 Å².